The molecule has 0 radical (unpaired) electrons. The van der Waals surface area contributed by atoms with Gasteiger partial charge in [0.05, 0.1) is 6.04 Å². The molecule has 0 aliphatic rings. The van der Waals surface area contributed by atoms with Crippen molar-refractivity contribution >= 4 is 22.6 Å². The molecular weight excluding hydrogens is 330 g/mol. The standard InChI is InChI=1S/C13H12FIN2/c1-8-4-9(7-17-6-8)13(16)11-3-2-10(14)5-12(11)15/h2-7,13H,16H2,1H3. The van der Waals surface area contributed by atoms with E-state index in [2.05, 4.69) is 27.6 Å². The molecule has 0 saturated heterocycles. The molecule has 0 spiro atoms. The van der Waals surface area contributed by atoms with Gasteiger partial charge >= 0.3 is 0 Å². The Balaban J connectivity index is 2.40. The highest BCUT2D eigenvalue weighted by atomic mass is 127. The van der Waals surface area contributed by atoms with E-state index >= 15 is 0 Å². The zero-order valence-corrected chi connectivity index (χ0v) is 11.5. The van der Waals surface area contributed by atoms with E-state index in [0.717, 1.165) is 20.3 Å². The minimum Gasteiger partial charge on any atom is -0.320 e. The quantitative estimate of drug-likeness (QED) is 0.852. The lowest BCUT2D eigenvalue weighted by Gasteiger charge is -2.14. The Bertz CT molecular complexity index is 543. The molecule has 88 valence electrons. The van der Waals surface area contributed by atoms with Crippen molar-refractivity contribution in [1.29, 1.82) is 0 Å². The predicted octanol–water partition coefficient (Wildman–Crippen LogP) is 3.18. The Kier molecular flexibility index (Phi) is 3.73. The number of nitrogens with two attached hydrogens (primary N) is 1. The highest BCUT2D eigenvalue weighted by Gasteiger charge is 2.13. The van der Waals surface area contributed by atoms with Gasteiger partial charge in [-0.15, -0.1) is 0 Å². The van der Waals surface area contributed by atoms with Gasteiger partial charge in [-0.25, -0.2) is 4.39 Å². The lowest BCUT2D eigenvalue weighted by atomic mass is 10.0. The molecule has 2 N–H and O–H groups in total. The number of hydrogen-bond acceptors (Lipinski definition) is 2. The number of nitrogens with zero attached hydrogens (tertiary/aromatic N) is 1. The van der Waals surface area contributed by atoms with Crippen LogP contribution >= 0.6 is 22.6 Å². The van der Waals surface area contributed by atoms with E-state index in [1.54, 1.807) is 18.5 Å². The molecule has 1 atom stereocenters. The Morgan fingerprint density at radius 1 is 1.29 bits per heavy atom. The normalized spacial score (nSPS) is 12.5. The van der Waals surface area contributed by atoms with Crippen molar-refractivity contribution in [3.05, 3.63) is 62.7 Å². The highest BCUT2D eigenvalue weighted by molar-refractivity contribution is 14.1. The average Bonchev–Trinajstić information content (AvgIpc) is 2.28. The van der Waals surface area contributed by atoms with Crippen LogP contribution in [-0.2, 0) is 0 Å². The third-order valence-corrected chi connectivity index (χ3v) is 3.49. The van der Waals surface area contributed by atoms with Crippen LogP contribution in [0.4, 0.5) is 4.39 Å². The van der Waals surface area contributed by atoms with Crippen LogP contribution in [0.15, 0.2) is 36.7 Å². The maximum Gasteiger partial charge on any atom is 0.124 e. The molecule has 1 unspecified atom stereocenters. The van der Waals surface area contributed by atoms with E-state index in [1.165, 1.54) is 12.1 Å². The molecule has 0 saturated carbocycles. The summed E-state index contributed by atoms with van der Waals surface area (Å²) >= 11 is 2.10. The van der Waals surface area contributed by atoms with Gasteiger partial charge < -0.3 is 5.73 Å². The summed E-state index contributed by atoms with van der Waals surface area (Å²) in [5, 5.41) is 0. The highest BCUT2D eigenvalue weighted by Crippen LogP contribution is 2.24. The second-order valence-corrected chi connectivity index (χ2v) is 5.10. The summed E-state index contributed by atoms with van der Waals surface area (Å²) < 4.78 is 13.8. The maximum absolute atomic E-state index is 13.0. The Morgan fingerprint density at radius 2 is 2.06 bits per heavy atom. The zero-order valence-electron chi connectivity index (χ0n) is 9.32. The van der Waals surface area contributed by atoms with Gasteiger partial charge in [0.2, 0.25) is 0 Å². The van der Waals surface area contributed by atoms with E-state index in [1.807, 2.05) is 13.0 Å². The van der Waals surface area contributed by atoms with Crippen molar-refractivity contribution in [1.82, 2.24) is 4.98 Å². The SMILES string of the molecule is Cc1cncc(C(N)c2ccc(F)cc2I)c1. The number of benzene rings is 1. The van der Waals surface area contributed by atoms with Gasteiger partial charge in [-0.2, -0.15) is 0 Å². The Hall–Kier alpha value is -1.01. The third-order valence-electron chi connectivity index (χ3n) is 2.55. The summed E-state index contributed by atoms with van der Waals surface area (Å²) in [5.74, 6) is -0.243. The van der Waals surface area contributed by atoms with Crippen molar-refractivity contribution in [2.24, 2.45) is 5.73 Å². The van der Waals surface area contributed by atoms with Crippen molar-refractivity contribution in [3.63, 3.8) is 0 Å². The molecule has 0 fully saturated rings. The summed E-state index contributed by atoms with van der Waals surface area (Å²) in [6, 6.07) is 6.37. The number of aromatic nitrogens is 1. The number of halogens is 2. The molecule has 4 heteroatoms. The van der Waals surface area contributed by atoms with Gasteiger partial charge in [0.1, 0.15) is 5.82 Å². The van der Waals surface area contributed by atoms with Crippen molar-refractivity contribution < 1.29 is 4.39 Å². The summed E-state index contributed by atoms with van der Waals surface area (Å²) in [7, 11) is 0. The fraction of sp³-hybridized carbons (Fsp3) is 0.154. The summed E-state index contributed by atoms with van der Waals surface area (Å²) in [5.41, 5.74) is 9.09. The molecule has 1 aromatic carbocycles. The predicted molar refractivity (Wildman–Crippen MR) is 74.1 cm³/mol. The van der Waals surface area contributed by atoms with Crippen LogP contribution in [0.2, 0.25) is 0 Å². The first kappa shape index (κ1) is 12.4. The van der Waals surface area contributed by atoms with E-state index in [9.17, 15) is 4.39 Å². The maximum atomic E-state index is 13.0. The molecule has 0 amide bonds. The van der Waals surface area contributed by atoms with Crippen LogP contribution in [0, 0.1) is 16.3 Å². The third kappa shape index (κ3) is 2.81. The van der Waals surface area contributed by atoms with Gasteiger partial charge in [0, 0.05) is 16.0 Å². The molecule has 0 bridgehead atoms. The van der Waals surface area contributed by atoms with E-state index in [0.29, 0.717) is 0 Å². The molecule has 1 aromatic heterocycles. The van der Waals surface area contributed by atoms with Crippen LogP contribution in [-0.4, -0.2) is 4.98 Å². The Morgan fingerprint density at radius 3 is 2.71 bits per heavy atom. The van der Waals surface area contributed by atoms with Crippen molar-refractivity contribution in [2.75, 3.05) is 0 Å². The number of pyridine rings is 1. The fourth-order valence-electron chi connectivity index (χ4n) is 1.68. The van der Waals surface area contributed by atoms with E-state index in [-0.39, 0.29) is 11.9 Å². The summed E-state index contributed by atoms with van der Waals surface area (Å²) in [6.45, 7) is 1.97. The minimum atomic E-state index is -0.269. The van der Waals surface area contributed by atoms with Gasteiger partial charge in [-0.1, -0.05) is 12.1 Å². The largest absolute Gasteiger partial charge is 0.320 e. The molecule has 0 aliphatic carbocycles. The van der Waals surface area contributed by atoms with Crippen LogP contribution in [0.5, 0.6) is 0 Å². The van der Waals surface area contributed by atoms with Crippen molar-refractivity contribution in [2.45, 2.75) is 13.0 Å². The second-order valence-electron chi connectivity index (χ2n) is 3.94. The monoisotopic (exact) mass is 342 g/mol. The van der Waals surface area contributed by atoms with Crippen LogP contribution in [0.1, 0.15) is 22.7 Å². The van der Waals surface area contributed by atoms with Gasteiger partial charge in [-0.05, 0) is 58.3 Å². The van der Waals surface area contributed by atoms with Crippen LogP contribution < -0.4 is 5.73 Å². The second kappa shape index (κ2) is 5.10. The molecule has 17 heavy (non-hydrogen) atoms. The number of rotatable bonds is 2. The molecule has 2 aromatic rings. The first-order chi connectivity index (χ1) is 8.08. The zero-order chi connectivity index (χ0) is 12.4. The number of hydrogen-bond donors (Lipinski definition) is 1. The first-order valence-electron chi connectivity index (χ1n) is 5.20. The van der Waals surface area contributed by atoms with Gasteiger partial charge in [0.25, 0.3) is 0 Å². The lowest BCUT2D eigenvalue weighted by Crippen LogP contribution is -2.14. The lowest BCUT2D eigenvalue weighted by molar-refractivity contribution is 0.625. The molecule has 2 rings (SSSR count). The number of aryl methyl sites for hydroxylation is 1. The smallest absolute Gasteiger partial charge is 0.124 e. The van der Waals surface area contributed by atoms with Crippen molar-refractivity contribution in [3.8, 4) is 0 Å². The summed E-state index contributed by atoms with van der Waals surface area (Å²) in [4.78, 5) is 4.12. The summed E-state index contributed by atoms with van der Waals surface area (Å²) in [6.07, 6.45) is 3.53. The van der Waals surface area contributed by atoms with E-state index < -0.39 is 0 Å². The molecule has 2 nitrogen and oxygen atoms in total. The van der Waals surface area contributed by atoms with Crippen LogP contribution in [0.25, 0.3) is 0 Å². The van der Waals surface area contributed by atoms with Gasteiger partial charge in [0.15, 0.2) is 0 Å². The minimum absolute atomic E-state index is 0.243. The van der Waals surface area contributed by atoms with Crippen LogP contribution in [0.3, 0.4) is 0 Å². The molecule has 1 heterocycles. The molecular formula is C13H12FIN2. The fourth-order valence-corrected chi connectivity index (χ4v) is 2.49. The van der Waals surface area contributed by atoms with Gasteiger partial charge in [-0.3, -0.25) is 4.98 Å². The topological polar surface area (TPSA) is 38.9 Å². The Labute approximate surface area is 113 Å². The van der Waals surface area contributed by atoms with E-state index in [4.69, 9.17) is 5.73 Å². The average molecular weight is 342 g/mol. The molecule has 0 aliphatic heterocycles. The first-order valence-corrected chi connectivity index (χ1v) is 6.28.